The Morgan fingerprint density at radius 3 is 2.43 bits per heavy atom. The van der Waals surface area contributed by atoms with Gasteiger partial charge < -0.3 is 5.32 Å². The zero-order valence-corrected chi connectivity index (χ0v) is 16.4. The van der Waals surface area contributed by atoms with E-state index in [9.17, 15) is 0 Å². The Morgan fingerprint density at radius 1 is 1.29 bits per heavy atom. The summed E-state index contributed by atoms with van der Waals surface area (Å²) in [5, 5.41) is 4.21. The van der Waals surface area contributed by atoms with E-state index in [1.807, 2.05) is 6.07 Å². The van der Waals surface area contributed by atoms with Gasteiger partial charge in [0.15, 0.2) is 0 Å². The first-order chi connectivity index (χ1) is 9.13. The van der Waals surface area contributed by atoms with E-state index in [-0.39, 0.29) is 24.8 Å². The largest absolute Gasteiger partial charge is 0.314 e. The predicted octanol–water partition coefficient (Wildman–Crippen LogP) is 4.94. The van der Waals surface area contributed by atoms with Crippen molar-refractivity contribution in [3.8, 4) is 0 Å². The lowest BCUT2D eigenvalue weighted by atomic mass is 9.90. The standard InChI is InChI=1S/C15H22BrClN2.2ClH/c1-3-11(2)15(19-8-6-18-7-9-19)12-4-5-14(17)13(16)10-12;;/h4-5,10-11,15,18H,3,6-9H2,1-2H3;2*1H/t11?,15-;;/m1../s1. The molecule has 1 unspecified atom stereocenters. The summed E-state index contributed by atoms with van der Waals surface area (Å²) in [7, 11) is 0. The molecule has 21 heavy (non-hydrogen) atoms. The zero-order chi connectivity index (χ0) is 13.8. The fraction of sp³-hybridized carbons (Fsp3) is 0.600. The first-order valence-corrected chi connectivity index (χ1v) is 8.20. The van der Waals surface area contributed by atoms with Crippen LogP contribution in [-0.2, 0) is 0 Å². The van der Waals surface area contributed by atoms with Crippen LogP contribution in [0.15, 0.2) is 22.7 Å². The van der Waals surface area contributed by atoms with Gasteiger partial charge in [0, 0.05) is 36.7 Å². The number of hydrogen-bond donors (Lipinski definition) is 1. The molecule has 1 aromatic rings. The van der Waals surface area contributed by atoms with E-state index < -0.39 is 0 Å². The van der Waals surface area contributed by atoms with Gasteiger partial charge in [-0.2, -0.15) is 0 Å². The predicted molar refractivity (Wildman–Crippen MR) is 100 cm³/mol. The van der Waals surface area contributed by atoms with Crippen LogP contribution in [0.25, 0.3) is 0 Å². The minimum Gasteiger partial charge on any atom is -0.314 e. The van der Waals surface area contributed by atoms with Crippen molar-refractivity contribution in [2.24, 2.45) is 5.92 Å². The second-order valence-corrected chi connectivity index (χ2v) is 6.55. The SMILES string of the molecule is CCC(C)[C@H](c1ccc(Cl)c(Br)c1)N1CCNCC1.Cl.Cl. The molecule has 1 aromatic carbocycles. The van der Waals surface area contributed by atoms with Gasteiger partial charge in [0.1, 0.15) is 0 Å². The second-order valence-electron chi connectivity index (χ2n) is 5.29. The van der Waals surface area contributed by atoms with Crippen molar-refractivity contribution in [3.05, 3.63) is 33.3 Å². The molecule has 1 heterocycles. The van der Waals surface area contributed by atoms with Crippen molar-refractivity contribution in [3.63, 3.8) is 0 Å². The third-order valence-corrected chi connectivity index (χ3v) is 5.23. The van der Waals surface area contributed by atoms with Gasteiger partial charge in [0.25, 0.3) is 0 Å². The normalized spacial score (nSPS) is 18.3. The number of nitrogens with one attached hydrogen (secondary N) is 1. The molecule has 2 atom stereocenters. The molecule has 6 heteroatoms. The van der Waals surface area contributed by atoms with Gasteiger partial charge in [0.2, 0.25) is 0 Å². The summed E-state index contributed by atoms with van der Waals surface area (Å²) in [6, 6.07) is 6.84. The average molecular weight is 419 g/mol. The van der Waals surface area contributed by atoms with Crippen molar-refractivity contribution in [1.29, 1.82) is 0 Å². The van der Waals surface area contributed by atoms with Crippen molar-refractivity contribution in [2.75, 3.05) is 26.2 Å². The second kappa shape index (κ2) is 10.3. The van der Waals surface area contributed by atoms with E-state index >= 15 is 0 Å². The summed E-state index contributed by atoms with van der Waals surface area (Å²) in [5.74, 6) is 0.645. The fourth-order valence-corrected chi connectivity index (χ4v) is 3.29. The maximum Gasteiger partial charge on any atom is 0.0548 e. The van der Waals surface area contributed by atoms with Gasteiger partial charge >= 0.3 is 0 Å². The fourth-order valence-electron chi connectivity index (χ4n) is 2.78. The third kappa shape index (κ3) is 5.56. The monoisotopic (exact) mass is 416 g/mol. The molecule has 1 N–H and O–H groups in total. The maximum absolute atomic E-state index is 6.11. The van der Waals surface area contributed by atoms with E-state index in [4.69, 9.17) is 11.6 Å². The Morgan fingerprint density at radius 2 is 1.90 bits per heavy atom. The quantitative estimate of drug-likeness (QED) is 0.745. The van der Waals surface area contributed by atoms with E-state index in [0.29, 0.717) is 12.0 Å². The van der Waals surface area contributed by atoms with E-state index in [0.717, 1.165) is 35.7 Å². The molecule has 2 nitrogen and oxygen atoms in total. The highest BCUT2D eigenvalue weighted by molar-refractivity contribution is 9.10. The molecule has 0 bridgehead atoms. The van der Waals surface area contributed by atoms with Crippen LogP contribution in [0.5, 0.6) is 0 Å². The number of halogens is 4. The smallest absolute Gasteiger partial charge is 0.0548 e. The molecule has 122 valence electrons. The Kier molecular flexibility index (Phi) is 10.5. The van der Waals surface area contributed by atoms with Crippen molar-refractivity contribution in [2.45, 2.75) is 26.3 Å². The first-order valence-electron chi connectivity index (χ1n) is 7.03. The Balaban J connectivity index is 0.00000200. The van der Waals surface area contributed by atoms with Crippen LogP contribution in [0.3, 0.4) is 0 Å². The molecule has 1 aliphatic rings. The van der Waals surface area contributed by atoms with E-state index in [1.54, 1.807) is 0 Å². The summed E-state index contributed by atoms with van der Waals surface area (Å²) >= 11 is 9.66. The summed E-state index contributed by atoms with van der Waals surface area (Å²) in [4.78, 5) is 2.60. The van der Waals surface area contributed by atoms with Crippen LogP contribution < -0.4 is 5.32 Å². The molecule has 0 amide bonds. The number of piperazine rings is 1. The van der Waals surface area contributed by atoms with E-state index in [2.05, 4.69) is 52.1 Å². The Bertz CT molecular complexity index is 425. The third-order valence-electron chi connectivity index (χ3n) is 4.01. The average Bonchev–Trinajstić information content (AvgIpc) is 2.44. The number of benzene rings is 1. The Labute approximate surface area is 153 Å². The van der Waals surface area contributed by atoms with Gasteiger partial charge in [-0.15, -0.1) is 24.8 Å². The van der Waals surface area contributed by atoms with Crippen LogP contribution in [0, 0.1) is 5.92 Å². The summed E-state index contributed by atoms with van der Waals surface area (Å²) in [5.41, 5.74) is 1.37. The van der Waals surface area contributed by atoms with Crippen molar-refractivity contribution in [1.82, 2.24) is 10.2 Å². The van der Waals surface area contributed by atoms with Crippen LogP contribution in [-0.4, -0.2) is 31.1 Å². The van der Waals surface area contributed by atoms with Gasteiger partial charge in [0.05, 0.1) is 5.02 Å². The number of hydrogen-bond acceptors (Lipinski definition) is 2. The summed E-state index contributed by atoms with van der Waals surface area (Å²) in [6.45, 7) is 9.02. The minimum atomic E-state index is 0. The van der Waals surface area contributed by atoms with Gasteiger partial charge in [-0.3, -0.25) is 4.90 Å². The lowest BCUT2D eigenvalue weighted by Crippen LogP contribution is -2.46. The highest BCUT2D eigenvalue weighted by Gasteiger charge is 2.26. The van der Waals surface area contributed by atoms with Crippen LogP contribution in [0.2, 0.25) is 5.02 Å². The number of rotatable bonds is 4. The van der Waals surface area contributed by atoms with Crippen LogP contribution in [0.1, 0.15) is 31.9 Å². The molecule has 2 rings (SSSR count). The molecule has 1 saturated heterocycles. The zero-order valence-electron chi connectivity index (χ0n) is 12.4. The highest BCUT2D eigenvalue weighted by atomic mass is 79.9. The van der Waals surface area contributed by atoms with Crippen molar-refractivity contribution < 1.29 is 0 Å². The topological polar surface area (TPSA) is 15.3 Å². The van der Waals surface area contributed by atoms with Gasteiger partial charge in [-0.1, -0.05) is 37.9 Å². The molecule has 0 radical (unpaired) electrons. The van der Waals surface area contributed by atoms with Gasteiger partial charge in [-0.05, 0) is 39.5 Å². The highest BCUT2D eigenvalue weighted by Crippen LogP contribution is 2.34. The van der Waals surface area contributed by atoms with Gasteiger partial charge in [-0.25, -0.2) is 0 Å². The summed E-state index contributed by atoms with van der Waals surface area (Å²) in [6.07, 6.45) is 1.19. The minimum absolute atomic E-state index is 0. The maximum atomic E-state index is 6.11. The molecule has 0 aliphatic carbocycles. The number of nitrogens with zero attached hydrogens (tertiary/aromatic N) is 1. The van der Waals surface area contributed by atoms with Crippen molar-refractivity contribution >= 4 is 52.3 Å². The lowest BCUT2D eigenvalue weighted by molar-refractivity contribution is 0.128. The van der Waals surface area contributed by atoms with Crippen LogP contribution >= 0.6 is 52.3 Å². The Hall–Kier alpha value is 0.490. The van der Waals surface area contributed by atoms with Crippen LogP contribution in [0.4, 0.5) is 0 Å². The molecule has 0 saturated carbocycles. The summed E-state index contributed by atoms with van der Waals surface area (Å²) < 4.78 is 0.995. The molecule has 0 aromatic heterocycles. The van der Waals surface area contributed by atoms with E-state index in [1.165, 1.54) is 12.0 Å². The lowest BCUT2D eigenvalue weighted by Gasteiger charge is -2.38. The molecule has 0 spiro atoms. The molecule has 1 fully saturated rings. The molecular weight excluding hydrogens is 394 g/mol. The first kappa shape index (κ1) is 21.5. The molecule has 1 aliphatic heterocycles. The molecular formula is C15H24BrCl3N2.